The van der Waals surface area contributed by atoms with Crippen molar-refractivity contribution in [3.63, 3.8) is 0 Å². The molecule has 172 valence electrons. The Kier molecular flexibility index (Phi) is 9.37. The molecular weight excluding hydrogens is 406 g/mol. The summed E-state index contributed by atoms with van der Waals surface area (Å²) in [7, 11) is 0. The van der Waals surface area contributed by atoms with Crippen molar-refractivity contribution in [2.75, 3.05) is 35.7 Å². The highest BCUT2D eigenvalue weighted by Gasteiger charge is 2.15. The summed E-state index contributed by atoms with van der Waals surface area (Å²) in [6.45, 7) is 3.62. The molecule has 7 nitrogen and oxygen atoms in total. The molecule has 2 amide bonds. The third-order valence-electron chi connectivity index (χ3n) is 5.20. The van der Waals surface area contributed by atoms with Crippen LogP contribution in [0.3, 0.4) is 0 Å². The van der Waals surface area contributed by atoms with E-state index in [-0.39, 0.29) is 24.5 Å². The third kappa shape index (κ3) is 8.23. The first kappa shape index (κ1) is 23.6. The zero-order chi connectivity index (χ0) is 22.6. The van der Waals surface area contributed by atoms with Crippen LogP contribution in [-0.4, -0.2) is 37.7 Å². The SMILES string of the molecule is CCCCCC(=O)Nc1cccc(NC(=O)CNc2ccc(OCC3CCCO3)cc2)c1. The zero-order valence-electron chi connectivity index (χ0n) is 18.7. The number of ether oxygens (including phenoxy) is 2. The lowest BCUT2D eigenvalue weighted by Gasteiger charge is -2.12. The third-order valence-corrected chi connectivity index (χ3v) is 5.20. The van der Waals surface area contributed by atoms with Crippen molar-refractivity contribution >= 4 is 28.9 Å². The summed E-state index contributed by atoms with van der Waals surface area (Å²) in [5.41, 5.74) is 2.15. The molecule has 3 rings (SSSR count). The fourth-order valence-electron chi connectivity index (χ4n) is 3.46. The van der Waals surface area contributed by atoms with Gasteiger partial charge in [0.05, 0.1) is 12.6 Å². The molecule has 1 aliphatic rings. The van der Waals surface area contributed by atoms with E-state index < -0.39 is 0 Å². The Morgan fingerprint density at radius 1 is 1.00 bits per heavy atom. The molecule has 0 spiro atoms. The van der Waals surface area contributed by atoms with Gasteiger partial charge in [0.15, 0.2) is 0 Å². The minimum Gasteiger partial charge on any atom is -0.491 e. The van der Waals surface area contributed by atoms with Gasteiger partial charge in [-0.15, -0.1) is 0 Å². The second-order valence-electron chi connectivity index (χ2n) is 7.96. The monoisotopic (exact) mass is 439 g/mol. The molecule has 0 radical (unpaired) electrons. The molecule has 0 aromatic heterocycles. The Morgan fingerprint density at radius 2 is 1.75 bits per heavy atom. The van der Waals surface area contributed by atoms with E-state index in [4.69, 9.17) is 9.47 Å². The fraction of sp³-hybridized carbons (Fsp3) is 0.440. The molecule has 1 saturated heterocycles. The molecule has 0 aliphatic carbocycles. The highest BCUT2D eigenvalue weighted by molar-refractivity contribution is 5.95. The van der Waals surface area contributed by atoms with Crippen molar-refractivity contribution in [3.05, 3.63) is 48.5 Å². The maximum Gasteiger partial charge on any atom is 0.243 e. The van der Waals surface area contributed by atoms with Crippen LogP contribution in [0.15, 0.2) is 48.5 Å². The van der Waals surface area contributed by atoms with Crippen molar-refractivity contribution in [2.45, 2.75) is 51.6 Å². The van der Waals surface area contributed by atoms with Crippen LogP contribution in [0.25, 0.3) is 0 Å². The van der Waals surface area contributed by atoms with Gasteiger partial charge in [-0.05, 0) is 61.7 Å². The highest BCUT2D eigenvalue weighted by Crippen LogP contribution is 2.19. The molecule has 2 aromatic rings. The first-order valence-electron chi connectivity index (χ1n) is 11.4. The van der Waals surface area contributed by atoms with Crippen LogP contribution in [-0.2, 0) is 14.3 Å². The molecule has 3 N–H and O–H groups in total. The van der Waals surface area contributed by atoms with Crippen LogP contribution >= 0.6 is 0 Å². The molecule has 0 bridgehead atoms. The number of hydrogen-bond acceptors (Lipinski definition) is 5. The molecule has 1 fully saturated rings. The molecule has 1 unspecified atom stereocenters. The van der Waals surface area contributed by atoms with Crippen molar-refractivity contribution in [1.82, 2.24) is 0 Å². The van der Waals surface area contributed by atoms with Gasteiger partial charge in [0.1, 0.15) is 12.4 Å². The van der Waals surface area contributed by atoms with Gasteiger partial charge in [0.25, 0.3) is 0 Å². The van der Waals surface area contributed by atoms with Crippen LogP contribution in [0.5, 0.6) is 5.75 Å². The first-order valence-corrected chi connectivity index (χ1v) is 11.4. The molecule has 32 heavy (non-hydrogen) atoms. The Morgan fingerprint density at radius 3 is 2.44 bits per heavy atom. The second kappa shape index (κ2) is 12.7. The van der Waals surface area contributed by atoms with Crippen LogP contribution in [0.2, 0.25) is 0 Å². The molecule has 1 aliphatic heterocycles. The van der Waals surface area contributed by atoms with Gasteiger partial charge in [-0.25, -0.2) is 0 Å². The number of carbonyl (C=O) groups is 2. The summed E-state index contributed by atoms with van der Waals surface area (Å²) < 4.78 is 11.3. The quantitative estimate of drug-likeness (QED) is 0.413. The second-order valence-corrected chi connectivity index (χ2v) is 7.96. The number of anilines is 3. The van der Waals surface area contributed by atoms with Crippen LogP contribution in [0.1, 0.15) is 45.4 Å². The number of hydrogen-bond donors (Lipinski definition) is 3. The Labute approximate surface area is 189 Å². The summed E-state index contributed by atoms with van der Waals surface area (Å²) in [6.07, 6.45) is 5.83. The average Bonchev–Trinajstić information content (AvgIpc) is 3.31. The maximum atomic E-state index is 12.3. The van der Waals surface area contributed by atoms with Crippen molar-refractivity contribution in [2.24, 2.45) is 0 Å². The van der Waals surface area contributed by atoms with Gasteiger partial charge in [0.2, 0.25) is 11.8 Å². The highest BCUT2D eigenvalue weighted by atomic mass is 16.5. The van der Waals surface area contributed by atoms with Crippen molar-refractivity contribution in [1.29, 1.82) is 0 Å². The minimum absolute atomic E-state index is 0.00760. The topological polar surface area (TPSA) is 88.7 Å². The normalized spacial score (nSPS) is 15.2. The number of amides is 2. The molecule has 1 heterocycles. The summed E-state index contributed by atoms with van der Waals surface area (Å²) in [5, 5.41) is 8.83. The average molecular weight is 440 g/mol. The molecule has 1 atom stereocenters. The number of rotatable bonds is 12. The van der Waals surface area contributed by atoms with Gasteiger partial charge < -0.3 is 25.4 Å². The van der Waals surface area contributed by atoms with Gasteiger partial charge in [-0.2, -0.15) is 0 Å². The fourth-order valence-corrected chi connectivity index (χ4v) is 3.46. The first-order chi connectivity index (χ1) is 15.6. The minimum atomic E-state index is -0.171. The van der Waals surface area contributed by atoms with E-state index >= 15 is 0 Å². The predicted octanol–water partition coefficient (Wildman–Crippen LogP) is 4.81. The van der Waals surface area contributed by atoms with Crippen molar-refractivity contribution < 1.29 is 19.1 Å². The predicted molar refractivity (Wildman–Crippen MR) is 127 cm³/mol. The smallest absolute Gasteiger partial charge is 0.243 e. The van der Waals surface area contributed by atoms with E-state index in [9.17, 15) is 9.59 Å². The number of benzene rings is 2. The number of carbonyl (C=O) groups excluding carboxylic acids is 2. The molecule has 7 heteroatoms. The number of nitrogens with one attached hydrogen (secondary N) is 3. The van der Waals surface area contributed by atoms with E-state index in [0.717, 1.165) is 50.1 Å². The Hall–Kier alpha value is -3.06. The van der Waals surface area contributed by atoms with Crippen LogP contribution in [0.4, 0.5) is 17.1 Å². The van der Waals surface area contributed by atoms with Crippen molar-refractivity contribution in [3.8, 4) is 5.75 Å². The summed E-state index contributed by atoms with van der Waals surface area (Å²) in [4.78, 5) is 24.3. The van der Waals surface area contributed by atoms with Gasteiger partial charge >= 0.3 is 0 Å². The van der Waals surface area contributed by atoms with E-state index in [2.05, 4.69) is 22.9 Å². The Balaban J connectivity index is 1.40. The molecular formula is C25H33N3O4. The summed E-state index contributed by atoms with van der Waals surface area (Å²) >= 11 is 0. The van der Waals surface area contributed by atoms with Crippen LogP contribution < -0.4 is 20.7 Å². The van der Waals surface area contributed by atoms with E-state index in [1.165, 1.54) is 0 Å². The van der Waals surface area contributed by atoms with Gasteiger partial charge in [-0.3, -0.25) is 9.59 Å². The zero-order valence-corrected chi connectivity index (χ0v) is 18.7. The van der Waals surface area contributed by atoms with Gasteiger partial charge in [-0.1, -0.05) is 25.8 Å². The lowest BCUT2D eigenvalue weighted by molar-refractivity contribution is -0.116. The van der Waals surface area contributed by atoms with Gasteiger partial charge in [0, 0.05) is 30.1 Å². The summed E-state index contributed by atoms with van der Waals surface area (Å²) in [5.74, 6) is 0.603. The Bertz CT molecular complexity index is 864. The molecule has 2 aromatic carbocycles. The lowest BCUT2D eigenvalue weighted by Crippen LogP contribution is -2.22. The van der Waals surface area contributed by atoms with E-state index in [1.807, 2.05) is 30.3 Å². The van der Waals surface area contributed by atoms with Crippen LogP contribution in [0, 0.1) is 0 Å². The van der Waals surface area contributed by atoms with E-state index in [1.54, 1.807) is 18.2 Å². The lowest BCUT2D eigenvalue weighted by atomic mass is 10.2. The standard InChI is InChI=1S/C25H33N3O4/c1-2-3-4-10-24(29)27-20-7-5-8-21(16-20)28-25(30)17-26-19-11-13-22(14-12-19)32-18-23-9-6-15-31-23/h5,7-8,11-14,16,23,26H,2-4,6,9-10,15,17-18H2,1H3,(H,27,29)(H,28,30). The largest absolute Gasteiger partial charge is 0.491 e. The number of unbranched alkanes of at least 4 members (excludes halogenated alkanes) is 2. The summed E-state index contributed by atoms with van der Waals surface area (Å²) in [6, 6.07) is 14.7. The maximum absolute atomic E-state index is 12.3. The van der Waals surface area contributed by atoms with E-state index in [0.29, 0.717) is 24.4 Å². The molecule has 0 saturated carbocycles.